The monoisotopic (exact) mass is 391 g/mol. The Kier molecular flexibility index (Phi) is 4.99. The predicted octanol–water partition coefficient (Wildman–Crippen LogP) is 2.61. The summed E-state index contributed by atoms with van der Waals surface area (Å²) in [5, 5.41) is 30.8. The fraction of sp³-hybridized carbons (Fsp3) is 0.429. The van der Waals surface area contributed by atoms with Crippen LogP contribution in [0, 0.1) is 17.6 Å². The number of aromatic hydroxyl groups is 1. The number of aliphatic hydroxyl groups excluding tert-OH is 1. The Morgan fingerprint density at radius 1 is 1.18 bits per heavy atom. The van der Waals surface area contributed by atoms with Crippen LogP contribution in [-0.2, 0) is 0 Å². The zero-order valence-electron chi connectivity index (χ0n) is 15.3. The number of hydrogen-bond donors (Lipinski definition) is 3. The molecular weight excluding hydrogens is 368 g/mol. The average Bonchev–Trinajstić information content (AvgIpc) is 3.08. The summed E-state index contributed by atoms with van der Waals surface area (Å²) in [4.78, 5) is 2.01. The molecule has 2 fully saturated rings. The predicted molar refractivity (Wildman–Crippen MR) is 98.0 cm³/mol. The lowest BCUT2D eigenvalue weighted by Gasteiger charge is -2.25. The van der Waals surface area contributed by atoms with E-state index in [1.54, 1.807) is 12.1 Å². The van der Waals surface area contributed by atoms with E-state index in [0.29, 0.717) is 38.0 Å². The molecule has 1 heterocycles. The van der Waals surface area contributed by atoms with Crippen molar-refractivity contribution >= 4 is 0 Å². The van der Waals surface area contributed by atoms with Crippen LogP contribution in [0.4, 0.5) is 8.78 Å². The molecule has 150 valence electrons. The third-order valence-electron chi connectivity index (χ3n) is 5.76. The average molecular weight is 391 g/mol. The number of hydrogen-bond acceptors (Lipinski definition) is 5. The van der Waals surface area contributed by atoms with Gasteiger partial charge in [0.1, 0.15) is 17.7 Å². The van der Waals surface area contributed by atoms with E-state index in [2.05, 4.69) is 0 Å². The van der Waals surface area contributed by atoms with Crippen molar-refractivity contribution in [1.29, 1.82) is 0 Å². The molecule has 1 aliphatic carbocycles. The van der Waals surface area contributed by atoms with Gasteiger partial charge in [0.15, 0.2) is 11.6 Å². The molecule has 0 bridgehead atoms. The quantitative estimate of drug-likeness (QED) is 0.731. The molecule has 1 saturated heterocycles. The first-order valence-electron chi connectivity index (χ1n) is 9.36. The SMILES string of the molecule is Oc1ccc(C(O)CN2C[C@H]3C[C@H](Oc4ccc(F)cc4F)C[C@@]3(O)C2)cc1. The summed E-state index contributed by atoms with van der Waals surface area (Å²) in [5.74, 6) is -1.30. The molecule has 2 aliphatic rings. The second kappa shape index (κ2) is 7.31. The molecular formula is C21H23F2NO4. The molecule has 7 heteroatoms. The number of benzene rings is 2. The summed E-state index contributed by atoms with van der Waals surface area (Å²) < 4.78 is 32.5. The molecule has 5 nitrogen and oxygen atoms in total. The summed E-state index contributed by atoms with van der Waals surface area (Å²) in [6, 6.07) is 9.60. The molecule has 28 heavy (non-hydrogen) atoms. The summed E-state index contributed by atoms with van der Waals surface area (Å²) >= 11 is 0. The van der Waals surface area contributed by atoms with Crippen LogP contribution in [0.25, 0.3) is 0 Å². The van der Waals surface area contributed by atoms with Gasteiger partial charge in [-0.15, -0.1) is 0 Å². The largest absolute Gasteiger partial charge is 0.508 e. The molecule has 3 N–H and O–H groups in total. The molecule has 0 radical (unpaired) electrons. The Hall–Kier alpha value is -2.22. The molecule has 1 aliphatic heterocycles. The first kappa shape index (κ1) is 19.1. The number of halogens is 2. The number of rotatable bonds is 5. The van der Waals surface area contributed by atoms with E-state index in [0.717, 1.165) is 12.1 Å². The van der Waals surface area contributed by atoms with Crippen molar-refractivity contribution in [2.75, 3.05) is 19.6 Å². The van der Waals surface area contributed by atoms with Crippen molar-refractivity contribution < 1.29 is 28.8 Å². The summed E-state index contributed by atoms with van der Waals surface area (Å²) in [6.45, 7) is 1.39. The first-order chi connectivity index (χ1) is 13.3. The van der Waals surface area contributed by atoms with Crippen LogP contribution in [-0.4, -0.2) is 51.6 Å². The van der Waals surface area contributed by atoms with Gasteiger partial charge in [0.25, 0.3) is 0 Å². The molecule has 2 aromatic carbocycles. The maximum absolute atomic E-state index is 13.8. The third-order valence-corrected chi connectivity index (χ3v) is 5.76. The molecule has 4 rings (SSSR count). The Balaban J connectivity index is 1.35. The highest BCUT2D eigenvalue weighted by atomic mass is 19.1. The number of fused-ring (bicyclic) bond motifs is 1. The van der Waals surface area contributed by atoms with Crippen LogP contribution in [0.3, 0.4) is 0 Å². The molecule has 2 aromatic rings. The second-order valence-electron chi connectivity index (χ2n) is 7.86. The number of β-amino-alcohol motifs (C(OH)–C–C–N with tert-alkyl or cyclic N) is 2. The third kappa shape index (κ3) is 3.83. The lowest BCUT2D eigenvalue weighted by Crippen LogP contribution is -2.36. The van der Waals surface area contributed by atoms with Crippen molar-refractivity contribution in [3.63, 3.8) is 0 Å². The van der Waals surface area contributed by atoms with Crippen molar-refractivity contribution in [2.45, 2.75) is 30.7 Å². The van der Waals surface area contributed by atoms with Gasteiger partial charge in [-0.25, -0.2) is 8.78 Å². The highest BCUT2D eigenvalue weighted by Crippen LogP contribution is 2.43. The van der Waals surface area contributed by atoms with Crippen LogP contribution >= 0.6 is 0 Å². The maximum Gasteiger partial charge on any atom is 0.167 e. The lowest BCUT2D eigenvalue weighted by atomic mass is 9.95. The smallest absolute Gasteiger partial charge is 0.167 e. The summed E-state index contributed by atoms with van der Waals surface area (Å²) in [7, 11) is 0. The van der Waals surface area contributed by atoms with Gasteiger partial charge in [-0.1, -0.05) is 12.1 Å². The number of ether oxygens (including phenoxy) is 1. The highest BCUT2D eigenvalue weighted by Gasteiger charge is 2.52. The molecule has 4 atom stereocenters. The van der Waals surface area contributed by atoms with Crippen LogP contribution in [0.2, 0.25) is 0 Å². The van der Waals surface area contributed by atoms with Gasteiger partial charge in [-0.05, 0) is 36.2 Å². The zero-order valence-corrected chi connectivity index (χ0v) is 15.3. The van der Waals surface area contributed by atoms with Crippen molar-refractivity contribution in [3.8, 4) is 11.5 Å². The van der Waals surface area contributed by atoms with Crippen molar-refractivity contribution in [2.24, 2.45) is 5.92 Å². The number of aliphatic hydroxyl groups is 2. The molecule has 0 amide bonds. The highest BCUT2D eigenvalue weighted by molar-refractivity contribution is 5.28. The van der Waals surface area contributed by atoms with Crippen molar-refractivity contribution in [1.82, 2.24) is 4.90 Å². The van der Waals surface area contributed by atoms with E-state index >= 15 is 0 Å². The van der Waals surface area contributed by atoms with E-state index in [9.17, 15) is 24.1 Å². The molecule has 0 spiro atoms. The summed E-state index contributed by atoms with van der Waals surface area (Å²) in [6.07, 6.45) is -0.123. The van der Waals surface area contributed by atoms with Gasteiger partial charge in [-0.2, -0.15) is 0 Å². The summed E-state index contributed by atoms with van der Waals surface area (Å²) in [5.41, 5.74) is -0.245. The number of likely N-dealkylation sites (tertiary alicyclic amines) is 1. The van der Waals surface area contributed by atoms with E-state index in [4.69, 9.17) is 4.74 Å². The Morgan fingerprint density at radius 2 is 1.93 bits per heavy atom. The van der Waals surface area contributed by atoms with Crippen LogP contribution in [0.15, 0.2) is 42.5 Å². The van der Waals surface area contributed by atoms with Crippen LogP contribution < -0.4 is 4.74 Å². The van der Waals surface area contributed by atoms with Gasteiger partial charge >= 0.3 is 0 Å². The van der Waals surface area contributed by atoms with E-state index in [1.807, 2.05) is 4.90 Å². The minimum Gasteiger partial charge on any atom is -0.508 e. The van der Waals surface area contributed by atoms with Gasteiger partial charge in [-0.3, -0.25) is 4.90 Å². The van der Waals surface area contributed by atoms with E-state index in [-0.39, 0.29) is 23.5 Å². The Morgan fingerprint density at radius 3 is 2.61 bits per heavy atom. The standard InChI is InChI=1S/C21H23F2NO4/c22-15-3-6-20(18(23)8-15)28-17-7-14-10-24(12-21(14,27)9-17)11-19(26)13-1-4-16(25)5-2-13/h1-6,8,14,17,19,25-27H,7,9-12H2/t14-,17+,19?,21-/m1/s1. The van der Waals surface area contributed by atoms with Crippen LogP contribution in [0.1, 0.15) is 24.5 Å². The molecule has 1 saturated carbocycles. The maximum atomic E-state index is 13.8. The fourth-order valence-electron chi connectivity index (χ4n) is 4.41. The van der Waals surface area contributed by atoms with Gasteiger partial charge in [0.2, 0.25) is 0 Å². The van der Waals surface area contributed by atoms with Crippen molar-refractivity contribution in [3.05, 3.63) is 59.7 Å². The Bertz CT molecular complexity index is 847. The molecule has 0 aromatic heterocycles. The topological polar surface area (TPSA) is 73.2 Å². The second-order valence-corrected chi connectivity index (χ2v) is 7.86. The van der Waals surface area contributed by atoms with Gasteiger partial charge < -0.3 is 20.1 Å². The van der Waals surface area contributed by atoms with Gasteiger partial charge in [0, 0.05) is 38.0 Å². The van der Waals surface area contributed by atoms with Gasteiger partial charge in [0.05, 0.1) is 11.7 Å². The minimum absolute atomic E-state index is 0.00502. The van der Waals surface area contributed by atoms with E-state index < -0.39 is 23.3 Å². The lowest BCUT2D eigenvalue weighted by molar-refractivity contribution is 0.0175. The number of phenolic OH excluding ortho intramolecular Hbond substituents is 1. The normalized spacial score (nSPS) is 28.3. The minimum atomic E-state index is -0.949. The Labute approximate surface area is 161 Å². The molecule has 1 unspecified atom stereocenters. The van der Waals surface area contributed by atoms with Crippen LogP contribution in [0.5, 0.6) is 11.5 Å². The number of phenols is 1. The first-order valence-corrected chi connectivity index (χ1v) is 9.36. The zero-order chi connectivity index (χ0) is 19.9. The number of nitrogens with zero attached hydrogens (tertiary/aromatic N) is 1. The fourth-order valence-corrected chi connectivity index (χ4v) is 4.41. The van der Waals surface area contributed by atoms with E-state index in [1.165, 1.54) is 18.2 Å².